The van der Waals surface area contributed by atoms with Crippen LogP contribution in [0.2, 0.25) is 10.0 Å². The number of nitrogens with zero attached hydrogens (tertiary/aromatic N) is 4. The Bertz CT molecular complexity index is 1230. The fourth-order valence-electron chi connectivity index (χ4n) is 5.96. The predicted octanol–water partition coefficient (Wildman–Crippen LogP) is 5.82. The van der Waals surface area contributed by atoms with Crippen LogP contribution in [0.15, 0.2) is 18.5 Å². The van der Waals surface area contributed by atoms with Crippen LogP contribution in [0.1, 0.15) is 67.1 Å². The second-order valence-corrected chi connectivity index (χ2v) is 11.3. The van der Waals surface area contributed by atoms with Gasteiger partial charge in [-0.15, -0.1) is 0 Å². The van der Waals surface area contributed by atoms with Crippen LogP contribution in [0.4, 0.5) is 19.0 Å². The van der Waals surface area contributed by atoms with Crippen LogP contribution >= 0.6 is 23.2 Å². The van der Waals surface area contributed by atoms with E-state index in [1.807, 2.05) is 13.8 Å². The summed E-state index contributed by atoms with van der Waals surface area (Å²) in [6.45, 7) is 4.27. The fourth-order valence-corrected chi connectivity index (χ4v) is 6.61. The molecule has 2 aromatic heterocycles. The number of anilines is 1. The number of hydrogen-bond acceptors (Lipinski definition) is 7. The van der Waals surface area contributed by atoms with Gasteiger partial charge in [0.1, 0.15) is 11.9 Å². The van der Waals surface area contributed by atoms with Gasteiger partial charge in [0, 0.05) is 49.4 Å². The molecule has 38 heavy (non-hydrogen) atoms. The lowest BCUT2D eigenvalue weighted by Gasteiger charge is -2.41. The van der Waals surface area contributed by atoms with Gasteiger partial charge < -0.3 is 9.64 Å². The molecule has 0 bridgehead atoms. The van der Waals surface area contributed by atoms with Crippen molar-refractivity contribution in [1.82, 2.24) is 20.8 Å². The van der Waals surface area contributed by atoms with Gasteiger partial charge >= 0.3 is 6.18 Å². The Hall–Kier alpha value is -2.16. The van der Waals surface area contributed by atoms with Gasteiger partial charge in [0.2, 0.25) is 0 Å². The molecule has 7 nitrogen and oxygen atoms in total. The lowest BCUT2D eigenvalue weighted by atomic mass is 9.78. The molecule has 0 aromatic carbocycles. The first-order chi connectivity index (χ1) is 18.0. The normalized spacial score (nSPS) is 26.5. The molecule has 2 saturated heterocycles. The summed E-state index contributed by atoms with van der Waals surface area (Å²) in [6, 6.07) is 4.14. The number of ether oxygens (including phenoxy) is 1. The minimum absolute atomic E-state index is 0.00891. The van der Waals surface area contributed by atoms with Gasteiger partial charge in [-0.2, -0.15) is 18.4 Å². The molecule has 12 heteroatoms. The highest BCUT2D eigenvalue weighted by Crippen LogP contribution is 2.42. The van der Waals surface area contributed by atoms with Crippen LogP contribution in [-0.4, -0.2) is 41.4 Å². The van der Waals surface area contributed by atoms with Crippen LogP contribution in [0, 0.1) is 30.1 Å². The number of aryl methyl sites for hydroxylation is 1. The summed E-state index contributed by atoms with van der Waals surface area (Å²) in [5.74, 6) is 0.176. The number of fused-ring (bicyclic) bond motifs is 1. The molecule has 0 spiro atoms. The van der Waals surface area contributed by atoms with Crippen LogP contribution in [0.25, 0.3) is 0 Å². The number of nitriles is 1. The number of halogens is 5. The molecule has 2 aliphatic heterocycles. The SMILES string of the molecule is Cc1ncc(Cl)c([C@@H](C)OC2CCC3NNC(c4cnc(N5CC(CC(F)(F)F)C5)c(C#N)c4)C3C2)c1Cl. The van der Waals surface area contributed by atoms with E-state index in [2.05, 4.69) is 26.9 Å². The zero-order valence-corrected chi connectivity index (χ0v) is 22.5. The third-order valence-electron chi connectivity index (χ3n) is 7.83. The summed E-state index contributed by atoms with van der Waals surface area (Å²) < 4.78 is 44.5. The minimum Gasteiger partial charge on any atom is -0.370 e. The monoisotopic (exact) mass is 568 g/mol. The molecule has 1 aliphatic carbocycles. The molecule has 5 atom stereocenters. The average molecular weight is 569 g/mol. The van der Waals surface area contributed by atoms with Gasteiger partial charge in [0.05, 0.1) is 39.6 Å². The van der Waals surface area contributed by atoms with Gasteiger partial charge in [-0.05, 0) is 50.7 Å². The van der Waals surface area contributed by atoms with E-state index in [0.29, 0.717) is 27.1 Å². The molecule has 4 unspecified atom stereocenters. The fraction of sp³-hybridized carbons (Fsp3) is 0.577. The molecule has 2 aromatic rings. The molecule has 0 amide bonds. The Morgan fingerprint density at radius 3 is 2.68 bits per heavy atom. The van der Waals surface area contributed by atoms with Crippen molar-refractivity contribution >= 4 is 29.0 Å². The Morgan fingerprint density at radius 1 is 1.21 bits per heavy atom. The van der Waals surface area contributed by atoms with Crippen molar-refractivity contribution in [3.63, 3.8) is 0 Å². The standard InChI is InChI=1S/C26H29Cl2F3N6O/c1-13-23(28)22(20(27)10-33-13)14(2)38-18-3-4-21-19(6-18)24(36-35-21)17-5-16(8-32)25(34-9-17)37-11-15(12-37)7-26(29,30)31/h5,9-10,14-15,18-19,21,24,35-36H,3-4,6-7,11-12H2,1-2H3/t14-,18?,19?,21?,24?/m1/s1. The second-order valence-electron chi connectivity index (χ2n) is 10.5. The van der Waals surface area contributed by atoms with Gasteiger partial charge in [-0.25, -0.2) is 10.4 Å². The van der Waals surface area contributed by atoms with Crippen LogP contribution in [0.3, 0.4) is 0 Å². The maximum absolute atomic E-state index is 12.7. The smallest absolute Gasteiger partial charge is 0.370 e. The Kier molecular flexibility index (Phi) is 7.77. The van der Waals surface area contributed by atoms with Crippen molar-refractivity contribution in [2.45, 2.75) is 70.0 Å². The Morgan fingerprint density at radius 2 is 1.97 bits per heavy atom. The molecule has 5 rings (SSSR count). The molecule has 0 radical (unpaired) electrons. The first-order valence-electron chi connectivity index (χ1n) is 12.7. The van der Waals surface area contributed by atoms with Crippen LogP contribution in [-0.2, 0) is 4.74 Å². The van der Waals surface area contributed by atoms with Crippen molar-refractivity contribution in [1.29, 1.82) is 5.26 Å². The number of hydrazine groups is 1. The maximum Gasteiger partial charge on any atom is 0.389 e. The average Bonchev–Trinajstić information content (AvgIpc) is 3.26. The van der Waals surface area contributed by atoms with E-state index < -0.39 is 18.5 Å². The number of aromatic nitrogens is 2. The Balaban J connectivity index is 1.26. The van der Waals surface area contributed by atoms with E-state index in [-0.39, 0.29) is 43.3 Å². The van der Waals surface area contributed by atoms with Gasteiger partial charge in [0.15, 0.2) is 0 Å². The number of nitrogens with one attached hydrogen (secondary N) is 2. The first-order valence-corrected chi connectivity index (χ1v) is 13.5. The van der Waals surface area contributed by atoms with Gasteiger partial charge in [-0.3, -0.25) is 10.4 Å². The number of pyridine rings is 2. The molecule has 4 heterocycles. The summed E-state index contributed by atoms with van der Waals surface area (Å²) in [5.41, 5.74) is 9.42. The van der Waals surface area contributed by atoms with Gasteiger partial charge in [0.25, 0.3) is 0 Å². The zero-order chi connectivity index (χ0) is 27.2. The quantitative estimate of drug-likeness (QED) is 0.454. The highest BCUT2D eigenvalue weighted by Gasteiger charge is 2.43. The molecule has 3 fully saturated rings. The molecular weight excluding hydrogens is 540 g/mol. The van der Waals surface area contributed by atoms with Crippen molar-refractivity contribution < 1.29 is 17.9 Å². The van der Waals surface area contributed by atoms with Crippen LogP contribution in [0.5, 0.6) is 0 Å². The summed E-state index contributed by atoms with van der Waals surface area (Å²) in [7, 11) is 0. The van der Waals surface area contributed by atoms with E-state index in [1.165, 1.54) is 0 Å². The van der Waals surface area contributed by atoms with Crippen molar-refractivity contribution in [2.75, 3.05) is 18.0 Å². The van der Waals surface area contributed by atoms with Crippen molar-refractivity contribution in [3.05, 3.63) is 50.9 Å². The molecule has 2 N–H and O–H groups in total. The summed E-state index contributed by atoms with van der Waals surface area (Å²) in [6.07, 6.45) is 0.581. The van der Waals surface area contributed by atoms with E-state index in [4.69, 9.17) is 27.9 Å². The number of rotatable bonds is 6. The summed E-state index contributed by atoms with van der Waals surface area (Å²) >= 11 is 12.9. The van der Waals surface area contributed by atoms with Gasteiger partial charge in [-0.1, -0.05) is 23.2 Å². The molecular formula is C26H29Cl2F3N6O. The first kappa shape index (κ1) is 27.4. The minimum atomic E-state index is -4.18. The predicted molar refractivity (Wildman–Crippen MR) is 138 cm³/mol. The van der Waals surface area contributed by atoms with E-state index in [9.17, 15) is 18.4 Å². The van der Waals surface area contributed by atoms with E-state index in [1.54, 1.807) is 23.4 Å². The highest BCUT2D eigenvalue weighted by atomic mass is 35.5. The van der Waals surface area contributed by atoms with Crippen molar-refractivity contribution in [3.8, 4) is 6.07 Å². The second kappa shape index (κ2) is 10.8. The number of alkyl halides is 3. The largest absolute Gasteiger partial charge is 0.389 e. The topological polar surface area (TPSA) is 86.1 Å². The van der Waals surface area contributed by atoms with E-state index in [0.717, 1.165) is 30.4 Å². The molecule has 204 valence electrons. The lowest BCUT2D eigenvalue weighted by Crippen LogP contribution is -2.49. The van der Waals surface area contributed by atoms with E-state index >= 15 is 0 Å². The highest BCUT2D eigenvalue weighted by molar-refractivity contribution is 6.36. The summed E-state index contributed by atoms with van der Waals surface area (Å²) in [5, 5.41) is 10.8. The third-order valence-corrected chi connectivity index (χ3v) is 8.61. The van der Waals surface area contributed by atoms with Crippen LogP contribution < -0.4 is 15.8 Å². The molecule has 3 aliphatic rings. The lowest BCUT2D eigenvalue weighted by molar-refractivity contribution is -0.146. The zero-order valence-electron chi connectivity index (χ0n) is 21.0. The maximum atomic E-state index is 12.7. The van der Waals surface area contributed by atoms with Crippen molar-refractivity contribution in [2.24, 2.45) is 11.8 Å². The number of hydrogen-bond donors (Lipinski definition) is 2. The summed E-state index contributed by atoms with van der Waals surface area (Å²) in [4.78, 5) is 10.4. The third kappa shape index (κ3) is 5.58. The Labute approximate surface area is 229 Å². The molecule has 1 saturated carbocycles.